The Bertz CT molecular complexity index is 321. The first-order chi connectivity index (χ1) is 6.58. The smallest absolute Gasteiger partial charge is 0.370 e. The number of aliphatic carboxylic acids is 1. The van der Waals surface area contributed by atoms with Crippen LogP contribution in [0.1, 0.15) is 19.4 Å². The Morgan fingerprint density at radius 3 is 2.86 bits per heavy atom. The fraction of sp³-hybridized carbons (Fsp3) is 0.455. The molecular weight excluding hydrogens is 178 g/mol. The molecule has 0 unspecified atom stereocenters. The van der Waals surface area contributed by atoms with Gasteiger partial charge in [0.25, 0.3) is 0 Å². The van der Waals surface area contributed by atoms with Gasteiger partial charge in [-0.25, -0.2) is 4.79 Å². The molecule has 3 nitrogen and oxygen atoms in total. The molecule has 0 amide bonds. The highest BCUT2D eigenvalue weighted by Gasteiger charge is 2.08. The summed E-state index contributed by atoms with van der Waals surface area (Å²) in [6, 6.07) is 3.92. The summed E-state index contributed by atoms with van der Waals surface area (Å²) in [5.41, 5.74) is 1.18. The summed E-state index contributed by atoms with van der Waals surface area (Å²) in [6.45, 7) is 4.33. The zero-order chi connectivity index (χ0) is 10.6. The first-order valence-electron chi connectivity index (χ1n) is 4.77. The number of aromatic nitrogens is 1. The van der Waals surface area contributed by atoms with E-state index in [0.717, 1.165) is 6.42 Å². The molecule has 0 atom stereocenters. The maximum Gasteiger partial charge on any atom is 0.370 e. The van der Waals surface area contributed by atoms with Crippen molar-refractivity contribution >= 4 is 5.97 Å². The molecule has 1 aromatic rings. The Hall–Kier alpha value is -1.38. The van der Waals surface area contributed by atoms with E-state index in [1.165, 1.54) is 5.56 Å². The van der Waals surface area contributed by atoms with Crippen molar-refractivity contribution in [1.82, 2.24) is 0 Å². The highest BCUT2D eigenvalue weighted by molar-refractivity contribution is 5.64. The van der Waals surface area contributed by atoms with Gasteiger partial charge in [0, 0.05) is 11.6 Å². The second-order valence-electron chi connectivity index (χ2n) is 3.88. The standard InChI is InChI=1S/C11H15NO2/c1-9(2)6-10-4-3-5-12(7-10)8-11(13)14/h3-5,7,9H,6,8H2,1-2H3/p+1. The fourth-order valence-corrected chi connectivity index (χ4v) is 1.42. The molecule has 3 heteroatoms. The summed E-state index contributed by atoms with van der Waals surface area (Å²) in [5.74, 6) is -0.215. The second kappa shape index (κ2) is 4.74. The van der Waals surface area contributed by atoms with E-state index in [9.17, 15) is 4.79 Å². The average molecular weight is 194 g/mol. The van der Waals surface area contributed by atoms with Gasteiger partial charge in [0.05, 0.1) is 0 Å². The van der Waals surface area contributed by atoms with Crippen LogP contribution >= 0.6 is 0 Å². The van der Waals surface area contributed by atoms with Crippen LogP contribution in [0, 0.1) is 5.92 Å². The van der Waals surface area contributed by atoms with E-state index >= 15 is 0 Å². The average Bonchev–Trinajstić information content (AvgIpc) is 2.01. The van der Waals surface area contributed by atoms with Crippen molar-refractivity contribution in [2.45, 2.75) is 26.8 Å². The van der Waals surface area contributed by atoms with Gasteiger partial charge in [0.2, 0.25) is 6.54 Å². The van der Waals surface area contributed by atoms with Gasteiger partial charge in [-0.05, 0) is 18.4 Å². The van der Waals surface area contributed by atoms with Crippen LogP contribution in [0.4, 0.5) is 0 Å². The summed E-state index contributed by atoms with van der Waals surface area (Å²) in [7, 11) is 0. The van der Waals surface area contributed by atoms with Crippen molar-refractivity contribution < 1.29 is 14.5 Å². The first kappa shape index (κ1) is 10.7. The summed E-state index contributed by atoms with van der Waals surface area (Å²) in [5, 5.41) is 8.62. The molecule has 0 aliphatic carbocycles. The van der Waals surface area contributed by atoms with Gasteiger partial charge in [0.1, 0.15) is 0 Å². The topological polar surface area (TPSA) is 41.2 Å². The molecule has 1 N–H and O–H groups in total. The van der Waals surface area contributed by atoms with E-state index in [0.29, 0.717) is 5.92 Å². The highest BCUT2D eigenvalue weighted by atomic mass is 16.4. The van der Waals surface area contributed by atoms with Gasteiger partial charge < -0.3 is 5.11 Å². The summed E-state index contributed by atoms with van der Waals surface area (Å²) in [4.78, 5) is 10.5. The molecule has 14 heavy (non-hydrogen) atoms. The molecule has 0 aliphatic rings. The Labute approximate surface area is 84.0 Å². The van der Waals surface area contributed by atoms with E-state index in [1.54, 1.807) is 10.8 Å². The maximum absolute atomic E-state index is 10.5. The van der Waals surface area contributed by atoms with E-state index < -0.39 is 5.97 Å². The minimum absolute atomic E-state index is 0.0337. The summed E-state index contributed by atoms with van der Waals surface area (Å²) in [6.07, 6.45) is 4.66. The van der Waals surface area contributed by atoms with Gasteiger partial charge in [0.15, 0.2) is 12.4 Å². The monoisotopic (exact) mass is 194 g/mol. The third-order valence-electron chi connectivity index (χ3n) is 1.88. The summed E-state index contributed by atoms with van der Waals surface area (Å²) < 4.78 is 1.69. The van der Waals surface area contributed by atoms with Gasteiger partial charge >= 0.3 is 5.97 Å². The molecule has 0 aliphatic heterocycles. The van der Waals surface area contributed by atoms with E-state index in [1.807, 2.05) is 18.3 Å². The number of nitrogens with zero attached hydrogens (tertiary/aromatic N) is 1. The van der Waals surface area contributed by atoms with Crippen LogP contribution in [0.5, 0.6) is 0 Å². The van der Waals surface area contributed by atoms with Gasteiger partial charge in [-0.3, -0.25) is 0 Å². The van der Waals surface area contributed by atoms with Gasteiger partial charge in [-0.1, -0.05) is 13.8 Å². The van der Waals surface area contributed by atoms with E-state index in [-0.39, 0.29) is 6.54 Å². The SMILES string of the molecule is CC(C)Cc1ccc[n+](CC(=O)O)c1. The number of pyridine rings is 1. The maximum atomic E-state index is 10.5. The molecule has 0 radical (unpaired) electrons. The van der Waals surface area contributed by atoms with Gasteiger partial charge in [-0.2, -0.15) is 4.57 Å². The van der Waals surface area contributed by atoms with Crippen molar-refractivity contribution in [3.63, 3.8) is 0 Å². The van der Waals surface area contributed by atoms with Crippen molar-refractivity contribution in [2.24, 2.45) is 5.92 Å². The lowest BCUT2D eigenvalue weighted by Crippen LogP contribution is -2.37. The lowest BCUT2D eigenvalue weighted by Gasteiger charge is -2.02. The molecular formula is C11H16NO2+. The number of hydrogen-bond donors (Lipinski definition) is 1. The van der Waals surface area contributed by atoms with Crippen LogP contribution < -0.4 is 4.57 Å². The van der Waals surface area contributed by atoms with Crippen molar-refractivity contribution in [1.29, 1.82) is 0 Å². The van der Waals surface area contributed by atoms with Crippen molar-refractivity contribution in [3.8, 4) is 0 Å². The zero-order valence-electron chi connectivity index (χ0n) is 8.60. The van der Waals surface area contributed by atoms with Crippen molar-refractivity contribution in [2.75, 3.05) is 0 Å². The Kier molecular flexibility index (Phi) is 3.63. The van der Waals surface area contributed by atoms with Crippen LogP contribution in [0.15, 0.2) is 24.5 Å². The number of hydrogen-bond acceptors (Lipinski definition) is 1. The Morgan fingerprint density at radius 2 is 2.29 bits per heavy atom. The largest absolute Gasteiger partial charge is 0.477 e. The molecule has 76 valence electrons. The lowest BCUT2D eigenvalue weighted by molar-refractivity contribution is -0.686. The number of rotatable bonds is 4. The Morgan fingerprint density at radius 1 is 1.57 bits per heavy atom. The minimum atomic E-state index is -0.809. The normalized spacial score (nSPS) is 10.5. The molecule has 0 spiro atoms. The third-order valence-corrected chi connectivity index (χ3v) is 1.88. The third kappa shape index (κ3) is 3.56. The second-order valence-corrected chi connectivity index (χ2v) is 3.88. The number of carbonyl (C=O) groups is 1. The molecule has 1 aromatic heterocycles. The van der Waals surface area contributed by atoms with Crippen molar-refractivity contribution in [3.05, 3.63) is 30.1 Å². The van der Waals surface area contributed by atoms with Crippen LogP contribution in [-0.4, -0.2) is 11.1 Å². The lowest BCUT2D eigenvalue weighted by atomic mass is 10.1. The molecule has 0 aromatic carbocycles. The number of carboxylic acids is 1. The molecule has 0 bridgehead atoms. The Balaban J connectivity index is 2.73. The quantitative estimate of drug-likeness (QED) is 0.733. The molecule has 0 saturated carbocycles. The molecule has 0 fully saturated rings. The molecule has 1 heterocycles. The van der Waals surface area contributed by atoms with Crippen LogP contribution in [0.3, 0.4) is 0 Å². The minimum Gasteiger partial charge on any atom is -0.477 e. The number of carboxylic acid groups (broad SMARTS) is 1. The molecule has 1 rings (SSSR count). The van der Waals surface area contributed by atoms with Crippen LogP contribution in [0.25, 0.3) is 0 Å². The van der Waals surface area contributed by atoms with Gasteiger partial charge in [-0.15, -0.1) is 0 Å². The first-order valence-corrected chi connectivity index (χ1v) is 4.77. The zero-order valence-corrected chi connectivity index (χ0v) is 8.60. The summed E-state index contributed by atoms with van der Waals surface area (Å²) >= 11 is 0. The fourth-order valence-electron chi connectivity index (χ4n) is 1.42. The van der Waals surface area contributed by atoms with E-state index in [2.05, 4.69) is 13.8 Å². The predicted molar refractivity (Wildman–Crippen MR) is 52.8 cm³/mol. The highest BCUT2D eigenvalue weighted by Crippen LogP contribution is 2.04. The van der Waals surface area contributed by atoms with Crippen LogP contribution in [-0.2, 0) is 17.8 Å². The predicted octanol–water partition coefficient (Wildman–Crippen LogP) is 1.26. The molecule has 0 saturated heterocycles. The van der Waals surface area contributed by atoms with E-state index in [4.69, 9.17) is 5.11 Å². The van der Waals surface area contributed by atoms with Crippen LogP contribution in [0.2, 0.25) is 0 Å².